The van der Waals surface area contributed by atoms with Crippen molar-refractivity contribution in [1.82, 2.24) is 10.0 Å². The van der Waals surface area contributed by atoms with Gasteiger partial charge in [-0.25, -0.2) is 13.1 Å². The number of hydrogen-bond donors (Lipinski definition) is 3. The monoisotopic (exact) mass is 309 g/mol. The van der Waals surface area contributed by atoms with Gasteiger partial charge in [-0.2, -0.15) is 0 Å². The molecule has 5 nitrogen and oxygen atoms in total. The number of anilines is 1. The van der Waals surface area contributed by atoms with Crippen molar-refractivity contribution in [2.75, 3.05) is 11.9 Å². The van der Waals surface area contributed by atoms with Crippen LogP contribution in [0.1, 0.15) is 32.6 Å². The molecule has 1 heterocycles. The van der Waals surface area contributed by atoms with Crippen molar-refractivity contribution in [3.8, 4) is 0 Å². The number of benzene rings is 1. The molecule has 6 heteroatoms. The lowest BCUT2D eigenvalue weighted by Gasteiger charge is -2.31. The first-order chi connectivity index (χ1) is 10.0. The molecule has 3 rings (SSSR count). The minimum absolute atomic E-state index is 0.141. The molecule has 1 saturated carbocycles. The van der Waals surface area contributed by atoms with E-state index >= 15 is 0 Å². The molecule has 0 amide bonds. The summed E-state index contributed by atoms with van der Waals surface area (Å²) in [5.74, 6) is 0. The van der Waals surface area contributed by atoms with Gasteiger partial charge >= 0.3 is 0 Å². The fraction of sp³-hybridized carbons (Fsp3) is 0.600. The van der Waals surface area contributed by atoms with E-state index in [1.807, 2.05) is 12.1 Å². The van der Waals surface area contributed by atoms with E-state index in [9.17, 15) is 8.42 Å². The third-order valence-electron chi connectivity index (χ3n) is 4.18. The van der Waals surface area contributed by atoms with E-state index in [0.29, 0.717) is 17.0 Å². The van der Waals surface area contributed by atoms with Crippen molar-refractivity contribution < 1.29 is 8.42 Å². The number of hydrogen-bond acceptors (Lipinski definition) is 4. The highest BCUT2D eigenvalue weighted by Crippen LogP contribution is 2.23. The zero-order chi connectivity index (χ0) is 14.9. The van der Waals surface area contributed by atoms with Crippen molar-refractivity contribution in [2.24, 2.45) is 0 Å². The lowest BCUT2D eigenvalue weighted by molar-refractivity contribution is 0.389. The van der Waals surface area contributed by atoms with Crippen LogP contribution in [0.5, 0.6) is 0 Å². The van der Waals surface area contributed by atoms with Gasteiger partial charge in [0.25, 0.3) is 0 Å². The first-order valence-corrected chi connectivity index (χ1v) is 9.15. The summed E-state index contributed by atoms with van der Waals surface area (Å²) in [6.45, 7) is 3.25. The Hall–Kier alpha value is -1.11. The summed E-state index contributed by atoms with van der Waals surface area (Å²) < 4.78 is 26.9. The molecule has 3 N–H and O–H groups in total. The van der Waals surface area contributed by atoms with Gasteiger partial charge in [-0.3, -0.25) is 0 Å². The van der Waals surface area contributed by atoms with Crippen LogP contribution in [0.15, 0.2) is 29.2 Å². The molecule has 116 valence electrons. The van der Waals surface area contributed by atoms with E-state index in [1.165, 1.54) is 6.42 Å². The second-order valence-electron chi connectivity index (χ2n) is 6.06. The van der Waals surface area contributed by atoms with Gasteiger partial charge < -0.3 is 10.6 Å². The molecule has 0 aromatic heterocycles. The first kappa shape index (κ1) is 14.8. The van der Waals surface area contributed by atoms with Crippen LogP contribution in [0.2, 0.25) is 0 Å². The molecule has 2 unspecified atom stereocenters. The van der Waals surface area contributed by atoms with E-state index in [4.69, 9.17) is 0 Å². The fourth-order valence-corrected chi connectivity index (χ4v) is 3.98. The van der Waals surface area contributed by atoms with Crippen LogP contribution in [0.4, 0.5) is 5.69 Å². The molecular weight excluding hydrogens is 286 g/mol. The van der Waals surface area contributed by atoms with E-state index in [2.05, 4.69) is 22.3 Å². The van der Waals surface area contributed by atoms with Crippen molar-refractivity contribution in [3.63, 3.8) is 0 Å². The van der Waals surface area contributed by atoms with Gasteiger partial charge in [-0.1, -0.05) is 0 Å². The van der Waals surface area contributed by atoms with Crippen LogP contribution in [0.3, 0.4) is 0 Å². The largest absolute Gasteiger partial charge is 0.381 e. The van der Waals surface area contributed by atoms with Gasteiger partial charge in [-0.05, 0) is 63.4 Å². The molecule has 1 aromatic carbocycles. The molecule has 1 aliphatic heterocycles. The summed E-state index contributed by atoms with van der Waals surface area (Å²) in [4.78, 5) is 0.342. The Morgan fingerprint density at radius 1 is 1.14 bits per heavy atom. The van der Waals surface area contributed by atoms with E-state index in [-0.39, 0.29) is 6.04 Å². The average Bonchev–Trinajstić information content (AvgIpc) is 3.25. The Bertz CT molecular complexity index is 581. The average molecular weight is 309 g/mol. The Morgan fingerprint density at radius 2 is 1.86 bits per heavy atom. The van der Waals surface area contributed by atoms with Crippen molar-refractivity contribution in [2.45, 2.75) is 55.6 Å². The molecule has 0 bridgehead atoms. The second-order valence-corrected chi connectivity index (χ2v) is 7.77. The van der Waals surface area contributed by atoms with Crippen LogP contribution in [-0.2, 0) is 10.0 Å². The van der Waals surface area contributed by atoms with Gasteiger partial charge in [0, 0.05) is 23.8 Å². The van der Waals surface area contributed by atoms with Crippen molar-refractivity contribution >= 4 is 15.7 Å². The Morgan fingerprint density at radius 3 is 2.48 bits per heavy atom. The van der Waals surface area contributed by atoms with E-state index in [0.717, 1.165) is 31.5 Å². The molecule has 21 heavy (non-hydrogen) atoms. The van der Waals surface area contributed by atoms with Crippen molar-refractivity contribution in [1.29, 1.82) is 0 Å². The molecule has 2 aliphatic rings. The lowest BCUT2D eigenvalue weighted by Crippen LogP contribution is -2.46. The SMILES string of the molecule is CC1NCCCC1Nc1ccc(S(=O)(=O)NC2CC2)cc1. The third-order valence-corrected chi connectivity index (χ3v) is 5.71. The molecule has 2 fully saturated rings. The third kappa shape index (κ3) is 3.75. The Labute approximate surface area is 126 Å². The van der Waals surface area contributed by atoms with Crippen LogP contribution in [0, 0.1) is 0 Å². The predicted molar refractivity (Wildman–Crippen MR) is 83.9 cm³/mol. The summed E-state index contributed by atoms with van der Waals surface area (Å²) >= 11 is 0. The normalized spacial score (nSPS) is 26.5. The highest BCUT2D eigenvalue weighted by Gasteiger charge is 2.28. The Kier molecular flexibility index (Phi) is 4.19. The maximum Gasteiger partial charge on any atom is 0.240 e. The standard InChI is InChI=1S/C15H23N3O2S/c1-11-15(3-2-10-16-11)17-12-6-8-14(9-7-12)21(19,20)18-13-4-5-13/h6-9,11,13,15-18H,2-5,10H2,1H3. The molecular formula is C15H23N3O2S. The minimum Gasteiger partial charge on any atom is -0.381 e. The number of nitrogens with one attached hydrogen (secondary N) is 3. The van der Waals surface area contributed by atoms with Gasteiger partial charge in [0.05, 0.1) is 4.90 Å². The molecule has 1 aromatic rings. The zero-order valence-corrected chi connectivity index (χ0v) is 13.1. The smallest absolute Gasteiger partial charge is 0.240 e. The number of rotatable bonds is 5. The second kappa shape index (κ2) is 5.94. The minimum atomic E-state index is -3.35. The molecule has 2 atom stereocenters. The van der Waals surface area contributed by atoms with Gasteiger partial charge in [0.1, 0.15) is 0 Å². The lowest BCUT2D eigenvalue weighted by atomic mass is 9.99. The van der Waals surface area contributed by atoms with Crippen LogP contribution < -0.4 is 15.4 Å². The quantitative estimate of drug-likeness (QED) is 0.774. The molecule has 0 spiro atoms. The van der Waals surface area contributed by atoms with Crippen LogP contribution >= 0.6 is 0 Å². The summed E-state index contributed by atoms with van der Waals surface area (Å²) in [6.07, 6.45) is 4.20. The fourth-order valence-electron chi connectivity index (χ4n) is 2.67. The maximum atomic E-state index is 12.1. The zero-order valence-electron chi connectivity index (χ0n) is 12.3. The highest BCUT2D eigenvalue weighted by molar-refractivity contribution is 7.89. The van der Waals surface area contributed by atoms with Gasteiger partial charge in [-0.15, -0.1) is 0 Å². The van der Waals surface area contributed by atoms with Crippen molar-refractivity contribution in [3.05, 3.63) is 24.3 Å². The highest BCUT2D eigenvalue weighted by atomic mass is 32.2. The topological polar surface area (TPSA) is 70.2 Å². The molecule has 1 saturated heterocycles. The van der Waals surface area contributed by atoms with Crippen LogP contribution in [-0.4, -0.2) is 33.1 Å². The predicted octanol–water partition coefficient (Wildman–Crippen LogP) is 1.68. The summed E-state index contributed by atoms with van der Waals surface area (Å²) in [5.41, 5.74) is 0.973. The summed E-state index contributed by atoms with van der Waals surface area (Å²) in [7, 11) is -3.35. The maximum absolute atomic E-state index is 12.1. The summed E-state index contributed by atoms with van der Waals surface area (Å²) in [5, 5.41) is 6.93. The number of piperidine rings is 1. The first-order valence-electron chi connectivity index (χ1n) is 7.67. The molecule has 1 aliphatic carbocycles. The van der Waals surface area contributed by atoms with E-state index < -0.39 is 10.0 Å². The van der Waals surface area contributed by atoms with E-state index in [1.54, 1.807) is 12.1 Å². The van der Waals surface area contributed by atoms with Gasteiger partial charge in [0.2, 0.25) is 10.0 Å². The Balaban J connectivity index is 1.66. The molecule has 0 radical (unpaired) electrons. The van der Waals surface area contributed by atoms with Crippen LogP contribution in [0.25, 0.3) is 0 Å². The number of sulfonamides is 1. The summed E-state index contributed by atoms with van der Waals surface area (Å²) in [6, 6.07) is 8.01. The van der Waals surface area contributed by atoms with Gasteiger partial charge in [0.15, 0.2) is 0 Å².